The molecule has 0 aromatic heterocycles. The number of hydrogen-bond acceptors (Lipinski definition) is 3. The second kappa shape index (κ2) is 3.27. The van der Waals surface area contributed by atoms with Gasteiger partial charge >= 0.3 is 0 Å². The zero-order chi connectivity index (χ0) is 7.56. The Hall–Kier alpha value is -0.190. The van der Waals surface area contributed by atoms with Crippen LogP contribution in [-0.2, 0) is 4.74 Å². The van der Waals surface area contributed by atoms with Gasteiger partial charge in [0.1, 0.15) is 18.4 Å². The lowest BCUT2D eigenvalue weighted by Crippen LogP contribution is -2.44. The lowest BCUT2D eigenvalue weighted by Gasteiger charge is -2.29. The molecular weight excluding hydrogens is 139 g/mol. The first-order valence-corrected chi connectivity index (χ1v) is 3.30. The highest BCUT2D eigenvalue weighted by Gasteiger charge is 2.31. The molecular formula is C6H11FO3. The second-order valence-corrected chi connectivity index (χ2v) is 2.39. The van der Waals surface area contributed by atoms with Crippen LogP contribution in [0.2, 0.25) is 0 Å². The van der Waals surface area contributed by atoms with Crippen molar-refractivity contribution in [3.63, 3.8) is 0 Å². The van der Waals surface area contributed by atoms with Gasteiger partial charge in [-0.15, -0.1) is 0 Å². The first-order chi connectivity index (χ1) is 4.75. The summed E-state index contributed by atoms with van der Waals surface area (Å²) in [5.74, 6) is 0. The Balaban J connectivity index is 2.42. The maximum atomic E-state index is 12.6. The number of alkyl halides is 1. The molecule has 3 nitrogen and oxygen atoms in total. The average molecular weight is 150 g/mol. The van der Waals surface area contributed by atoms with Crippen molar-refractivity contribution in [3.05, 3.63) is 0 Å². The molecule has 2 N–H and O–H groups in total. The van der Waals surface area contributed by atoms with E-state index in [9.17, 15) is 4.39 Å². The molecule has 3 atom stereocenters. The van der Waals surface area contributed by atoms with Gasteiger partial charge in [-0.2, -0.15) is 0 Å². The average Bonchev–Trinajstić information content (AvgIpc) is 1.95. The molecule has 0 bridgehead atoms. The van der Waals surface area contributed by atoms with E-state index in [0.717, 1.165) is 0 Å². The van der Waals surface area contributed by atoms with Gasteiger partial charge in [0.25, 0.3) is 0 Å². The van der Waals surface area contributed by atoms with Crippen molar-refractivity contribution in [1.82, 2.24) is 0 Å². The molecule has 1 saturated heterocycles. The normalized spacial score (nSPS) is 41.7. The largest absolute Gasteiger partial charge is 0.394 e. The van der Waals surface area contributed by atoms with E-state index in [0.29, 0.717) is 0 Å². The minimum Gasteiger partial charge on any atom is -0.394 e. The quantitative estimate of drug-likeness (QED) is 0.528. The standard InChI is InChI=1S/C6H11FO3/c7-4-1-2-10-5(3-8)6(4)9/h4-6,8-9H,1-3H2/t4-,5+,6-/m0/s1. The topological polar surface area (TPSA) is 49.7 Å². The van der Waals surface area contributed by atoms with Crippen LogP contribution in [-0.4, -0.2) is 41.8 Å². The molecule has 0 aromatic rings. The summed E-state index contributed by atoms with van der Waals surface area (Å²) < 4.78 is 17.4. The first-order valence-electron chi connectivity index (χ1n) is 3.30. The van der Waals surface area contributed by atoms with Crippen molar-refractivity contribution in [2.45, 2.75) is 24.8 Å². The molecule has 0 aliphatic carbocycles. The number of ether oxygens (including phenoxy) is 1. The van der Waals surface area contributed by atoms with Gasteiger partial charge in [0.05, 0.1) is 13.2 Å². The number of halogens is 1. The van der Waals surface area contributed by atoms with Crippen LogP contribution in [0.1, 0.15) is 6.42 Å². The van der Waals surface area contributed by atoms with Crippen LogP contribution in [0.5, 0.6) is 0 Å². The zero-order valence-corrected chi connectivity index (χ0v) is 5.53. The van der Waals surface area contributed by atoms with Crippen LogP contribution in [0.15, 0.2) is 0 Å². The molecule has 1 rings (SSSR count). The predicted octanol–water partition coefficient (Wildman–Crippen LogP) is -0.533. The van der Waals surface area contributed by atoms with Gasteiger partial charge in [-0.1, -0.05) is 0 Å². The SMILES string of the molecule is OC[C@H]1OCC[C@H](F)[C@@H]1O. The van der Waals surface area contributed by atoms with Gasteiger partial charge in [0, 0.05) is 6.42 Å². The van der Waals surface area contributed by atoms with Crippen LogP contribution >= 0.6 is 0 Å². The van der Waals surface area contributed by atoms with E-state index in [4.69, 9.17) is 14.9 Å². The van der Waals surface area contributed by atoms with Crippen molar-refractivity contribution in [2.24, 2.45) is 0 Å². The van der Waals surface area contributed by atoms with Crippen LogP contribution in [0, 0.1) is 0 Å². The summed E-state index contributed by atoms with van der Waals surface area (Å²) >= 11 is 0. The van der Waals surface area contributed by atoms with E-state index in [-0.39, 0.29) is 19.6 Å². The summed E-state index contributed by atoms with van der Waals surface area (Å²) in [6.07, 6.45) is -2.91. The molecule has 1 heterocycles. The van der Waals surface area contributed by atoms with Gasteiger partial charge in [0.2, 0.25) is 0 Å². The molecule has 0 spiro atoms. The maximum Gasteiger partial charge on any atom is 0.131 e. The number of aliphatic hydroxyl groups is 2. The first kappa shape index (κ1) is 7.91. The molecule has 4 heteroatoms. The molecule has 0 aromatic carbocycles. The van der Waals surface area contributed by atoms with E-state index in [2.05, 4.69) is 0 Å². The molecule has 60 valence electrons. The number of rotatable bonds is 1. The zero-order valence-electron chi connectivity index (χ0n) is 5.53. The Morgan fingerprint density at radius 2 is 2.30 bits per heavy atom. The summed E-state index contributed by atoms with van der Waals surface area (Å²) in [5.41, 5.74) is 0. The maximum absolute atomic E-state index is 12.6. The van der Waals surface area contributed by atoms with Crippen molar-refractivity contribution in [3.8, 4) is 0 Å². The third kappa shape index (κ3) is 1.45. The minimum atomic E-state index is -1.24. The fourth-order valence-corrected chi connectivity index (χ4v) is 0.995. The van der Waals surface area contributed by atoms with E-state index >= 15 is 0 Å². The third-order valence-corrected chi connectivity index (χ3v) is 1.66. The Labute approximate surface area is 58.4 Å². The Morgan fingerprint density at radius 3 is 2.80 bits per heavy atom. The van der Waals surface area contributed by atoms with Gasteiger partial charge < -0.3 is 14.9 Å². The summed E-state index contributed by atoms with van der Waals surface area (Å²) in [4.78, 5) is 0. The lowest BCUT2D eigenvalue weighted by molar-refractivity contribution is -0.127. The fraction of sp³-hybridized carbons (Fsp3) is 1.00. The van der Waals surface area contributed by atoms with E-state index in [1.807, 2.05) is 0 Å². The molecule has 0 amide bonds. The molecule has 0 unspecified atom stereocenters. The van der Waals surface area contributed by atoms with Crippen LogP contribution < -0.4 is 0 Å². The van der Waals surface area contributed by atoms with Crippen molar-refractivity contribution in [1.29, 1.82) is 0 Å². The fourth-order valence-electron chi connectivity index (χ4n) is 0.995. The molecule has 1 aliphatic heterocycles. The van der Waals surface area contributed by atoms with Crippen LogP contribution in [0.25, 0.3) is 0 Å². The van der Waals surface area contributed by atoms with Gasteiger partial charge in [-0.05, 0) is 0 Å². The Bertz CT molecular complexity index is 109. The van der Waals surface area contributed by atoms with Crippen molar-refractivity contribution < 1.29 is 19.3 Å². The highest BCUT2D eigenvalue weighted by Crippen LogP contribution is 2.16. The summed E-state index contributed by atoms with van der Waals surface area (Å²) in [7, 11) is 0. The summed E-state index contributed by atoms with van der Waals surface area (Å²) in [5, 5.41) is 17.5. The molecule has 1 fully saturated rings. The summed E-state index contributed by atoms with van der Waals surface area (Å²) in [6.45, 7) is -0.0367. The van der Waals surface area contributed by atoms with Gasteiger partial charge in [0.15, 0.2) is 0 Å². The van der Waals surface area contributed by atoms with Gasteiger partial charge in [-0.3, -0.25) is 0 Å². The molecule has 10 heavy (non-hydrogen) atoms. The molecule has 1 aliphatic rings. The monoisotopic (exact) mass is 150 g/mol. The highest BCUT2D eigenvalue weighted by atomic mass is 19.1. The third-order valence-electron chi connectivity index (χ3n) is 1.66. The predicted molar refractivity (Wildman–Crippen MR) is 32.3 cm³/mol. The van der Waals surface area contributed by atoms with E-state index in [1.165, 1.54) is 0 Å². The Kier molecular flexibility index (Phi) is 2.59. The smallest absolute Gasteiger partial charge is 0.131 e. The summed E-state index contributed by atoms with van der Waals surface area (Å²) in [6, 6.07) is 0. The minimum absolute atomic E-state index is 0.220. The Morgan fingerprint density at radius 1 is 1.60 bits per heavy atom. The van der Waals surface area contributed by atoms with Crippen molar-refractivity contribution >= 4 is 0 Å². The van der Waals surface area contributed by atoms with Gasteiger partial charge in [-0.25, -0.2) is 4.39 Å². The van der Waals surface area contributed by atoms with Crippen LogP contribution in [0.3, 0.4) is 0 Å². The second-order valence-electron chi connectivity index (χ2n) is 2.39. The molecule has 0 saturated carbocycles. The number of hydrogen-bond donors (Lipinski definition) is 2. The van der Waals surface area contributed by atoms with E-state index < -0.39 is 18.4 Å². The molecule has 0 radical (unpaired) electrons. The lowest BCUT2D eigenvalue weighted by atomic mass is 10.0. The van der Waals surface area contributed by atoms with E-state index in [1.54, 1.807) is 0 Å². The van der Waals surface area contributed by atoms with Crippen LogP contribution in [0.4, 0.5) is 4.39 Å². The number of aliphatic hydroxyl groups excluding tert-OH is 2. The highest BCUT2D eigenvalue weighted by molar-refractivity contribution is 4.80. The van der Waals surface area contributed by atoms with Crippen molar-refractivity contribution in [2.75, 3.05) is 13.2 Å².